The van der Waals surface area contributed by atoms with Gasteiger partial charge < -0.3 is 25.0 Å². The molecule has 3 N–H and O–H groups in total. The summed E-state index contributed by atoms with van der Waals surface area (Å²) in [7, 11) is -3.87. The van der Waals surface area contributed by atoms with Crippen molar-refractivity contribution in [3.05, 3.63) is 34.9 Å². The molecule has 1 unspecified atom stereocenters. The average molecular weight is 756 g/mol. The van der Waals surface area contributed by atoms with Crippen LogP contribution < -0.4 is 15.4 Å². The monoisotopic (exact) mass is 755 g/mol. The number of rotatable bonds is 6. The zero-order valence-electron chi connectivity index (χ0n) is 31.2. The Hall–Kier alpha value is -3.88. The molecule has 53 heavy (non-hydrogen) atoms. The van der Waals surface area contributed by atoms with E-state index in [0.717, 1.165) is 49.7 Å². The number of aryl methyl sites for hydroxylation is 1. The highest BCUT2D eigenvalue weighted by Crippen LogP contribution is 2.50. The normalized spacial score (nSPS) is 30.2. The molecule has 14 nitrogen and oxygen atoms in total. The summed E-state index contributed by atoms with van der Waals surface area (Å²) in [6, 6.07) is 3.87. The summed E-state index contributed by atoms with van der Waals surface area (Å²) in [6.45, 7) is 8.19. The van der Waals surface area contributed by atoms with Gasteiger partial charge in [0.25, 0.3) is 5.91 Å². The van der Waals surface area contributed by atoms with E-state index in [-0.39, 0.29) is 37.3 Å². The Morgan fingerprint density at radius 3 is 2.43 bits per heavy atom. The number of hydrogen-bond acceptors (Lipinski definition) is 9. The highest BCUT2D eigenvalue weighted by Gasteiger charge is 2.62. The molecule has 5 amide bonds. The van der Waals surface area contributed by atoms with Crippen molar-refractivity contribution in [2.45, 2.75) is 140 Å². The predicted molar refractivity (Wildman–Crippen MR) is 192 cm³/mol. The summed E-state index contributed by atoms with van der Waals surface area (Å²) in [5.74, 6) is -2.30. The first-order valence-corrected chi connectivity index (χ1v) is 20.8. The van der Waals surface area contributed by atoms with Crippen LogP contribution in [0.4, 0.5) is 9.59 Å². The SMILES string of the molecule is CCC1C[C@]1(NC(=O)[C@@H]1C[C@@H]2CN1C(=O)[C@H](C(C)(C)C)NC(=O)OCC1(CCCCc3cccc4c3CN(C4)C(=O)O2)CC1)C(=O)NS(=O)(=O)C1CC1. The zero-order chi connectivity index (χ0) is 37.9. The Morgan fingerprint density at radius 1 is 1.04 bits per heavy atom. The minimum Gasteiger partial charge on any atom is -0.449 e. The number of carbonyl (C=O) groups excluding carboxylic acids is 5. The van der Waals surface area contributed by atoms with Gasteiger partial charge in [0.1, 0.15) is 23.7 Å². The van der Waals surface area contributed by atoms with Gasteiger partial charge in [-0.2, -0.15) is 0 Å². The lowest BCUT2D eigenvalue weighted by atomic mass is 9.85. The molecule has 3 heterocycles. The van der Waals surface area contributed by atoms with Crippen LogP contribution in [0.25, 0.3) is 0 Å². The molecule has 290 valence electrons. The molecular formula is C38H53N5O9S. The first kappa shape index (κ1) is 37.4. The molecule has 5 atom stereocenters. The van der Waals surface area contributed by atoms with Gasteiger partial charge in [-0.05, 0) is 79.4 Å². The molecule has 7 rings (SSSR count). The number of nitrogens with one attached hydrogen (secondary N) is 3. The Morgan fingerprint density at radius 2 is 1.77 bits per heavy atom. The predicted octanol–water partition coefficient (Wildman–Crippen LogP) is 3.65. The maximum Gasteiger partial charge on any atom is 0.410 e. The van der Waals surface area contributed by atoms with E-state index in [1.165, 1.54) is 10.5 Å². The lowest BCUT2D eigenvalue weighted by Gasteiger charge is -2.35. The molecule has 0 radical (unpaired) electrons. The average Bonchev–Trinajstić information content (AvgIpc) is 4.05. The summed E-state index contributed by atoms with van der Waals surface area (Å²) < 4.78 is 39.4. The third kappa shape index (κ3) is 7.72. The van der Waals surface area contributed by atoms with E-state index in [2.05, 4.69) is 21.4 Å². The van der Waals surface area contributed by atoms with Gasteiger partial charge in [-0.1, -0.05) is 58.7 Å². The highest BCUT2D eigenvalue weighted by molar-refractivity contribution is 7.91. The van der Waals surface area contributed by atoms with Crippen LogP contribution in [0.3, 0.4) is 0 Å². The second kappa shape index (κ2) is 13.8. The van der Waals surface area contributed by atoms with Crippen molar-refractivity contribution in [1.29, 1.82) is 0 Å². The Labute approximate surface area is 311 Å². The van der Waals surface area contributed by atoms with Crippen LogP contribution in [0, 0.1) is 16.7 Å². The van der Waals surface area contributed by atoms with Crippen molar-refractivity contribution in [2.24, 2.45) is 16.7 Å². The van der Waals surface area contributed by atoms with Crippen LogP contribution >= 0.6 is 0 Å². The van der Waals surface area contributed by atoms with Crippen LogP contribution in [-0.4, -0.2) is 90.3 Å². The molecule has 3 saturated carbocycles. The zero-order valence-corrected chi connectivity index (χ0v) is 32.0. The number of nitrogens with zero attached hydrogens (tertiary/aromatic N) is 2. The lowest BCUT2D eigenvalue weighted by Crippen LogP contribution is -2.60. The number of benzene rings is 1. The maximum atomic E-state index is 14.5. The van der Waals surface area contributed by atoms with Gasteiger partial charge in [0, 0.05) is 24.9 Å². The third-order valence-electron chi connectivity index (χ3n) is 12.2. The second-order valence-electron chi connectivity index (χ2n) is 17.3. The molecule has 4 fully saturated rings. The molecular weight excluding hydrogens is 703 g/mol. The van der Waals surface area contributed by atoms with Gasteiger partial charge in [-0.3, -0.25) is 24.0 Å². The van der Waals surface area contributed by atoms with Gasteiger partial charge in [0.05, 0.1) is 18.4 Å². The van der Waals surface area contributed by atoms with E-state index in [9.17, 15) is 32.4 Å². The Bertz CT molecular complexity index is 1790. The van der Waals surface area contributed by atoms with Crippen LogP contribution in [0.15, 0.2) is 18.2 Å². The van der Waals surface area contributed by atoms with Crippen molar-refractivity contribution >= 4 is 39.9 Å². The molecule has 6 aliphatic rings. The standard InChI is InChI=1S/C38H53N5O9S/c1-5-25-18-38(25,33(46)41-53(49,50)27-12-13-27)40-31(44)29-17-26-20-43(29)32(45)30(36(2,3)4)39-34(47)51-22-37(15-16-37)14-7-6-9-23-10-8-11-24-19-42(21-28(23)24)35(48)52-26/h8,10-11,25-27,29-30H,5-7,9,12-22H2,1-4H3,(H,39,47)(H,40,44)(H,41,46)/t25?,26-,29+,30-,38-/m1/s1. The third-order valence-corrected chi connectivity index (χ3v) is 14.1. The fraction of sp³-hybridized carbons (Fsp3) is 0.711. The van der Waals surface area contributed by atoms with E-state index >= 15 is 0 Å². The van der Waals surface area contributed by atoms with E-state index in [0.29, 0.717) is 32.4 Å². The topological polar surface area (TPSA) is 181 Å². The molecule has 1 aromatic carbocycles. The van der Waals surface area contributed by atoms with Gasteiger partial charge in [0.2, 0.25) is 21.8 Å². The summed E-state index contributed by atoms with van der Waals surface area (Å²) >= 11 is 0. The molecule has 15 heteroatoms. The summed E-state index contributed by atoms with van der Waals surface area (Å²) in [5.41, 5.74) is 1.06. The molecule has 1 saturated heterocycles. The minimum absolute atomic E-state index is 0.0476. The number of sulfonamides is 1. The summed E-state index contributed by atoms with van der Waals surface area (Å²) in [6.07, 6.45) is 5.20. The fourth-order valence-electron chi connectivity index (χ4n) is 8.39. The van der Waals surface area contributed by atoms with Crippen molar-refractivity contribution in [3.63, 3.8) is 0 Å². The number of amides is 5. The van der Waals surface area contributed by atoms with Crippen LogP contribution in [-0.2, 0) is 53.4 Å². The highest BCUT2D eigenvalue weighted by atomic mass is 32.2. The number of alkyl carbamates (subject to hydrolysis) is 1. The molecule has 4 bridgehead atoms. The number of fused-ring (bicyclic) bond motifs is 3. The van der Waals surface area contributed by atoms with Gasteiger partial charge in [-0.15, -0.1) is 0 Å². The number of hydrogen-bond donors (Lipinski definition) is 3. The van der Waals surface area contributed by atoms with Crippen molar-refractivity contribution in [1.82, 2.24) is 25.2 Å². The van der Waals surface area contributed by atoms with E-state index < -0.39 is 74.3 Å². The molecule has 0 aromatic heterocycles. The lowest BCUT2D eigenvalue weighted by molar-refractivity contribution is -0.143. The minimum atomic E-state index is -3.87. The molecule has 3 aliphatic heterocycles. The van der Waals surface area contributed by atoms with Crippen LogP contribution in [0.5, 0.6) is 0 Å². The van der Waals surface area contributed by atoms with Gasteiger partial charge in [-0.25, -0.2) is 18.0 Å². The Balaban J connectivity index is 1.15. The summed E-state index contributed by atoms with van der Waals surface area (Å²) in [5, 5.41) is 4.99. The smallest absolute Gasteiger partial charge is 0.410 e. The molecule has 1 aromatic rings. The largest absolute Gasteiger partial charge is 0.449 e. The summed E-state index contributed by atoms with van der Waals surface area (Å²) in [4.78, 5) is 72.2. The Kier molecular flexibility index (Phi) is 9.72. The van der Waals surface area contributed by atoms with Crippen molar-refractivity contribution in [3.8, 4) is 0 Å². The number of cyclic esters (lactones) is 1. The van der Waals surface area contributed by atoms with Crippen LogP contribution in [0.2, 0.25) is 0 Å². The van der Waals surface area contributed by atoms with E-state index in [4.69, 9.17) is 9.47 Å². The van der Waals surface area contributed by atoms with Gasteiger partial charge in [0.15, 0.2) is 0 Å². The number of ether oxygens (including phenoxy) is 2. The van der Waals surface area contributed by atoms with Crippen LogP contribution in [0.1, 0.15) is 109 Å². The molecule has 1 spiro atoms. The second-order valence-corrected chi connectivity index (χ2v) is 19.3. The van der Waals surface area contributed by atoms with Crippen molar-refractivity contribution < 1.29 is 41.9 Å². The maximum absolute atomic E-state index is 14.5. The van der Waals surface area contributed by atoms with Crippen molar-refractivity contribution in [2.75, 3.05) is 13.2 Å². The number of carbonyl (C=O) groups is 5. The molecule has 3 aliphatic carbocycles. The first-order valence-electron chi connectivity index (χ1n) is 19.2. The quantitative estimate of drug-likeness (QED) is 0.391. The van der Waals surface area contributed by atoms with E-state index in [1.54, 1.807) is 25.7 Å². The fourth-order valence-corrected chi connectivity index (χ4v) is 9.76. The van der Waals surface area contributed by atoms with E-state index in [1.807, 2.05) is 19.1 Å². The van der Waals surface area contributed by atoms with Gasteiger partial charge >= 0.3 is 12.2 Å². The first-order chi connectivity index (χ1) is 25.0.